The van der Waals surface area contributed by atoms with E-state index in [0.29, 0.717) is 0 Å². The van der Waals surface area contributed by atoms with Crippen molar-refractivity contribution < 1.29 is 4.79 Å². The van der Waals surface area contributed by atoms with Gasteiger partial charge in [-0.3, -0.25) is 4.79 Å². The van der Waals surface area contributed by atoms with Gasteiger partial charge in [-0.1, -0.05) is 12.1 Å². The van der Waals surface area contributed by atoms with Crippen LogP contribution in [0.3, 0.4) is 0 Å². The van der Waals surface area contributed by atoms with Crippen LogP contribution in [0.1, 0.15) is 31.4 Å². The first kappa shape index (κ1) is 13.8. The first-order valence-corrected chi connectivity index (χ1v) is 7.38. The molecule has 1 fully saturated rings. The molecule has 1 aliphatic rings. The predicted octanol–water partition coefficient (Wildman–Crippen LogP) is 1.80. The van der Waals surface area contributed by atoms with E-state index in [-0.39, 0.29) is 18.0 Å². The second-order valence-corrected chi connectivity index (χ2v) is 5.42. The molecule has 0 bridgehead atoms. The number of hydrogen-bond donors (Lipinski definition) is 2. The Hall–Kier alpha value is -2.14. The quantitative estimate of drug-likeness (QED) is 0.900. The third-order valence-corrected chi connectivity index (χ3v) is 3.87. The lowest BCUT2D eigenvalue weighted by Gasteiger charge is -2.18. The van der Waals surface area contributed by atoms with Gasteiger partial charge in [0.1, 0.15) is 0 Å². The first-order chi connectivity index (χ1) is 10.2. The average Bonchev–Trinajstić information content (AvgIpc) is 3.20. The van der Waals surface area contributed by atoms with E-state index >= 15 is 0 Å². The molecular formula is C16H20N4O. The van der Waals surface area contributed by atoms with Crippen LogP contribution in [-0.4, -0.2) is 28.3 Å². The number of carbonyl (C=O) groups is 1. The highest BCUT2D eigenvalue weighted by molar-refractivity contribution is 5.82. The summed E-state index contributed by atoms with van der Waals surface area (Å²) in [5.74, 6) is 0.0875. The molecule has 2 aromatic rings. The summed E-state index contributed by atoms with van der Waals surface area (Å²) in [7, 11) is 0. The van der Waals surface area contributed by atoms with Gasteiger partial charge in [0.15, 0.2) is 0 Å². The van der Waals surface area contributed by atoms with Crippen molar-refractivity contribution in [3.8, 4) is 5.69 Å². The van der Waals surface area contributed by atoms with Crippen molar-refractivity contribution >= 4 is 5.91 Å². The van der Waals surface area contributed by atoms with Crippen molar-refractivity contribution in [2.24, 2.45) is 0 Å². The van der Waals surface area contributed by atoms with Gasteiger partial charge in [0.05, 0.1) is 17.8 Å². The number of hydrogen-bond acceptors (Lipinski definition) is 3. The number of nitrogens with one attached hydrogen (secondary N) is 2. The normalized spacial score (nSPS) is 19.4. The zero-order valence-electron chi connectivity index (χ0n) is 12.1. The molecule has 1 saturated heterocycles. The highest BCUT2D eigenvalue weighted by Crippen LogP contribution is 2.17. The zero-order valence-corrected chi connectivity index (χ0v) is 12.1. The van der Waals surface area contributed by atoms with Crippen molar-refractivity contribution in [1.29, 1.82) is 0 Å². The molecule has 1 aromatic heterocycles. The maximum absolute atomic E-state index is 12.2. The van der Waals surface area contributed by atoms with E-state index in [9.17, 15) is 4.79 Å². The number of rotatable bonds is 4. The second-order valence-electron chi connectivity index (χ2n) is 5.42. The molecule has 5 heteroatoms. The van der Waals surface area contributed by atoms with Crippen molar-refractivity contribution in [2.75, 3.05) is 6.54 Å². The van der Waals surface area contributed by atoms with Crippen molar-refractivity contribution in [2.45, 2.75) is 31.8 Å². The van der Waals surface area contributed by atoms with E-state index < -0.39 is 0 Å². The van der Waals surface area contributed by atoms with Gasteiger partial charge in [0.2, 0.25) is 5.91 Å². The molecule has 0 aliphatic carbocycles. The fourth-order valence-corrected chi connectivity index (χ4v) is 2.66. The van der Waals surface area contributed by atoms with E-state index in [0.717, 1.165) is 30.6 Å². The number of amides is 1. The van der Waals surface area contributed by atoms with Gasteiger partial charge in [-0.05, 0) is 50.1 Å². The van der Waals surface area contributed by atoms with Crippen LogP contribution in [0, 0.1) is 0 Å². The molecular weight excluding hydrogens is 264 g/mol. The van der Waals surface area contributed by atoms with Gasteiger partial charge in [-0.2, -0.15) is 5.10 Å². The molecule has 2 heterocycles. The smallest absolute Gasteiger partial charge is 0.237 e. The van der Waals surface area contributed by atoms with Crippen LogP contribution in [0.25, 0.3) is 5.69 Å². The van der Waals surface area contributed by atoms with Crippen LogP contribution in [0.4, 0.5) is 0 Å². The van der Waals surface area contributed by atoms with E-state index in [4.69, 9.17) is 0 Å². The van der Waals surface area contributed by atoms with E-state index in [2.05, 4.69) is 21.8 Å². The van der Waals surface area contributed by atoms with Gasteiger partial charge >= 0.3 is 0 Å². The number of benzene rings is 1. The van der Waals surface area contributed by atoms with Crippen molar-refractivity contribution in [3.63, 3.8) is 0 Å². The summed E-state index contributed by atoms with van der Waals surface area (Å²) in [4.78, 5) is 12.2. The van der Waals surface area contributed by atoms with Crippen LogP contribution in [0.15, 0.2) is 42.7 Å². The lowest BCUT2D eigenvalue weighted by Crippen LogP contribution is -2.41. The summed E-state index contributed by atoms with van der Waals surface area (Å²) < 4.78 is 1.82. The molecule has 1 aliphatic heterocycles. The molecule has 0 unspecified atom stereocenters. The summed E-state index contributed by atoms with van der Waals surface area (Å²) in [5, 5.41) is 10.5. The largest absolute Gasteiger partial charge is 0.348 e. The molecule has 3 rings (SSSR count). The van der Waals surface area contributed by atoms with E-state index in [1.165, 1.54) is 0 Å². The van der Waals surface area contributed by atoms with Gasteiger partial charge in [0.25, 0.3) is 0 Å². The Kier molecular flexibility index (Phi) is 4.01. The Morgan fingerprint density at radius 1 is 1.48 bits per heavy atom. The van der Waals surface area contributed by atoms with Crippen LogP contribution in [0.5, 0.6) is 0 Å². The molecule has 5 nitrogen and oxygen atoms in total. The maximum atomic E-state index is 12.2. The molecule has 21 heavy (non-hydrogen) atoms. The second kappa shape index (κ2) is 6.10. The molecule has 2 N–H and O–H groups in total. The molecule has 0 radical (unpaired) electrons. The fraction of sp³-hybridized carbons (Fsp3) is 0.375. The molecule has 0 saturated carbocycles. The molecule has 0 spiro atoms. The summed E-state index contributed by atoms with van der Waals surface area (Å²) in [5.41, 5.74) is 2.08. The fourth-order valence-electron chi connectivity index (χ4n) is 2.66. The first-order valence-electron chi connectivity index (χ1n) is 7.38. The van der Waals surface area contributed by atoms with Crippen molar-refractivity contribution in [1.82, 2.24) is 20.4 Å². The Labute approximate surface area is 124 Å². The van der Waals surface area contributed by atoms with Crippen LogP contribution in [0.2, 0.25) is 0 Å². The number of aromatic nitrogens is 2. The summed E-state index contributed by atoms with van der Waals surface area (Å²) in [6.07, 6.45) is 5.65. The summed E-state index contributed by atoms with van der Waals surface area (Å²) in [6, 6.07) is 9.91. The minimum absolute atomic E-state index is 0.0181. The standard InChI is InChI=1S/C16H20N4O/c1-12(19-16(21)15-7-3-8-17-15)13-5-2-6-14(11-13)20-10-4-9-18-20/h2,4-6,9-12,15,17H,3,7-8H2,1H3,(H,19,21)/t12-,15+/m1/s1. The Bertz CT molecular complexity index is 602. The Balaban J connectivity index is 1.71. The maximum Gasteiger partial charge on any atom is 0.237 e. The molecule has 1 amide bonds. The monoisotopic (exact) mass is 284 g/mol. The minimum atomic E-state index is -0.0400. The summed E-state index contributed by atoms with van der Waals surface area (Å²) >= 11 is 0. The minimum Gasteiger partial charge on any atom is -0.348 e. The lowest BCUT2D eigenvalue weighted by molar-refractivity contribution is -0.123. The van der Waals surface area contributed by atoms with Gasteiger partial charge in [0, 0.05) is 12.4 Å². The van der Waals surface area contributed by atoms with E-state index in [1.54, 1.807) is 6.20 Å². The Morgan fingerprint density at radius 3 is 3.10 bits per heavy atom. The highest BCUT2D eigenvalue weighted by atomic mass is 16.2. The van der Waals surface area contributed by atoms with Crippen LogP contribution < -0.4 is 10.6 Å². The molecule has 2 atom stereocenters. The number of carbonyl (C=O) groups excluding carboxylic acids is 1. The lowest BCUT2D eigenvalue weighted by atomic mass is 10.1. The van der Waals surface area contributed by atoms with Gasteiger partial charge in [-0.25, -0.2) is 4.68 Å². The summed E-state index contributed by atoms with van der Waals surface area (Å²) in [6.45, 7) is 2.94. The third kappa shape index (κ3) is 3.13. The average molecular weight is 284 g/mol. The van der Waals surface area contributed by atoms with Crippen LogP contribution in [-0.2, 0) is 4.79 Å². The predicted molar refractivity (Wildman–Crippen MR) is 81.1 cm³/mol. The highest BCUT2D eigenvalue weighted by Gasteiger charge is 2.23. The number of nitrogens with zero attached hydrogens (tertiary/aromatic N) is 2. The molecule has 110 valence electrons. The van der Waals surface area contributed by atoms with Gasteiger partial charge in [-0.15, -0.1) is 0 Å². The topological polar surface area (TPSA) is 59.0 Å². The zero-order chi connectivity index (χ0) is 14.7. The SMILES string of the molecule is C[C@@H](NC(=O)[C@@H]1CCCN1)c1cccc(-n2cccn2)c1. The Morgan fingerprint density at radius 2 is 2.38 bits per heavy atom. The van der Waals surface area contributed by atoms with Crippen LogP contribution >= 0.6 is 0 Å². The third-order valence-electron chi connectivity index (χ3n) is 3.87. The van der Waals surface area contributed by atoms with Gasteiger partial charge < -0.3 is 10.6 Å². The molecule has 1 aromatic carbocycles. The van der Waals surface area contributed by atoms with E-state index in [1.807, 2.05) is 42.1 Å². The van der Waals surface area contributed by atoms with Crippen molar-refractivity contribution in [3.05, 3.63) is 48.3 Å².